The second-order valence-electron chi connectivity index (χ2n) is 9.32. The quantitative estimate of drug-likeness (QED) is 0.565. The van der Waals surface area contributed by atoms with E-state index in [4.69, 9.17) is 4.74 Å². The summed E-state index contributed by atoms with van der Waals surface area (Å²) in [7, 11) is -3.65. The van der Waals surface area contributed by atoms with E-state index in [1.54, 1.807) is 27.7 Å². The number of benzene rings is 2. The Morgan fingerprint density at radius 2 is 1.55 bits per heavy atom. The second kappa shape index (κ2) is 11.3. The van der Waals surface area contributed by atoms with Crippen molar-refractivity contribution in [1.82, 2.24) is 10.0 Å². The number of rotatable bonds is 9. The van der Waals surface area contributed by atoms with Crippen LogP contribution in [0.1, 0.15) is 46.1 Å². The Kier molecular flexibility index (Phi) is 9.05. The van der Waals surface area contributed by atoms with Crippen LogP contribution in [-0.2, 0) is 26.0 Å². The number of amides is 2. The summed E-state index contributed by atoms with van der Waals surface area (Å²) in [6.45, 7) is 6.97. The molecule has 0 bridgehead atoms. The van der Waals surface area contributed by atoms with Crippen LogP contribution in [0.15, 0.2) is 54.6 Å². The highest BCUT2D eigenvalue weighted by Gasteiger charge is 2.24. The minimum atomic E-state index is -3.65. The van der Waals surface area contributed by atoms with Crippen molar-refractivity contribution in [3.8, 4) is 11.1 Å². The Hall–Kier alpha value is -2.87. The zero-order chi connectivity index (χ0) is 24.6. The zero-order valence-corrected chi connectivity index (χ0v) is 20.7. The highest BCUT2D eigenvalue weighted by atomic mass is 32.2. The number of carbonyl (C=O) groups excluding carboxylic acids is 2. The molecule has 2 rings (SSSR count). The van der Waals surface area contributed by atoms with Crippen molar-refractivity contribution in [1.29, 1.82) is 0 Å². The molecular weight excluding hydrogens is 440 g/mol. The van der Waals surface area contributed by atoms with Crippen molar-refractivity contribution in [3.05, 3.63) is 60.2 Å². The lowest BCUT2D eigenvalue weighted by atomic mass is 9.95. The summed E-state index contributed by atoms with van der Waals surface area (Å²) >= 11 is 0. The molecule has 2 atom stereocenters. The monoisotopic (exact) mass is 474 g/mol. The average Bonchev–Trinajstić information content (AvgIpc) is 2.70. The molecule has 0 unspecified atom stereocenters. The maximum atomic E-state index is 12.3. The van der Waals surface area contributed by atoms with Gasteiger partial charge in [0.25, 0.3) is 0 Å². The van der Waals surface area contributed by atoms with Crippen LogP contribution in [-0.4, -0.2) is 38.3 Å². The van der Waals surface area contributed by atoms with Crippen molar-refractivity contribution in [3.63, 3.8) is 0 Å². The van der Waals surface area contributed by atoms with E-state index in [2.05, 4.69) is 29.6 Å². The van der Waals surface area contributed by atoms with Crippen LogP contribution in [0, 0.1) is 5.92 Å². The number of nitrogens with one attached hydrogen (secondary N) is 2. The molecule has 0 fully saturated rings. The summed E-state index contributed by atoms with van der Waals surface area (Å²) < 4.78 is 30.1. The summed E-state index contributed by atoms with van der Waals surface area (Å²) in [5, 5.41) is 2.84. The molecule has 0 aliphatic carbocycles. The van der Waals surface area contributed by atoms with Crippen molar-refractivity contribution in [2.24, 2.45) is 5.92 Å². The van der Waals surface area contributed by atoms with Gasteiger partial charge in [-0.1, -0.05) is 61.5 Å². The van der Waals surface area contributed by atoms with E-state index >= 15 is 0 Å². The summed E-state index contributed by atoms with van der Waals surface area (Å²) in [5.74, 6) is -1.21. The highest BCUT2D eigenvalue weighted by Crippen LogP contribution is 2.21. The van der Waals surface area contributed by atoms with E-state index in [1.165, 1.54) is 0 Å². The van der Waals surface area contributed by atoms with Crippen LogP contribution in [0.5, 0.6) is 0 Å². The fraction of sp³-hybridized carbons (Fsp3) is 0.440. The van der Waals surface area contributed by atoms with Crippen LogP contribution in [0.4, 0.5) is 4.79 Å². The van der Waals surface area contributed by atoms with Gasteiger partial charge in [-0.05, 0) is 56.7 Å². The van der Waals surface area contributed by atoms with Gasteiger partial charge in [0.2, 0.25) is 15.9 Å². The summed E-state index contributed by atoms with van der Waals surface area (Å²) in [4.78, 5) is 24.6. The first-order valence-electron chi connectivity index (χ1n) is 11.0. The van der Waals surface area contributed by atoms with Crippen LogP contribution >= 0.6 is 0 Å². The molecule has 2 N–H and O–H groups in total. The van der Waals surface area contributed by atoms with E-state index in [1.807, 2.05) is 35.1 Å². The van der Waals surface area contributed by atoms with Crippen LogP contribution < -0.4 is 10.0 Å². The molecule has 0 heterocycles. The molecule has 2 aromatic carbocycles. The number of ether oxygens (including phenoxy) is 1. The number of hydrogen-bond acceptors (Lipinski definition) is 5. The number of hydrogen-bond donors (Lipinski definition) is 2. The number of alkyl carbamates (subject to hydrolysis) is 1. The lowest BCUT2D eigenvalue weighted by Gasteiger charge is -2.25. The molecule has 33 heavy (non-hydrogen) atoms. The lowest BCUT2D eigenvalue weighted by Crippen LogP contribution is -2.42. The molecule has 2 aromatic rings. The fourth-order valence-electron chi connectivity index (χ4n) is 3.38. The Balaban J connectivity index is 2.06. The average molecular weight is 475 g/mol. The molecule has 0 aliphatic rings. The third-order valence-electron chi connectivity index (χ3n) is 4.94. The van der Waals surface area contributed by atoms with Gasteiger partial charge in [-0.2, -0.15) is 0 Å². The third kappa shape index (κ3) is 10.1. The Bertz CT molecular complexity index is 1030. The molecule has 8 heteroatoms. The zero-order valence-electron chi connectivity index (χ0n) is 19.9. The fourth-order valence-corrected chi connectivity index (χ4v) is 3.94. The van der Waals surface area contributed by atoms with E-state index in [9.17, 15) is 18.0 Å². The number of carbonyl (C=O) groups is 2. The smallest absolute Gasteiger partial charge is 0.407 e. The summed E-state index contributed by atoms with van der Waals surface area (Å²) in [6, 6.07) is 17.9. The first kappa shape index (κ1) is 26.4. The minimum Gasteiger partial charge on any atom is -0.444 e. The van der Waals surface area contributed by atoms with Gasteiger partial charge < -0.3 is 10.1 Å². The van der Waals surface area contributed by atoms with Crippen LogP contribution in [0.3, 0.4) is 0 Å². The Labute approximate surface area is 197 Å². The van der Waals surface area contributed by atoms with E-state index in [-0.39, 0.29) is 12.5 Å². The third-order valence-corrected chi connectivity index (χ3v) is 5.51. The van der Waals surface area contributed by atoms with Gasteiger partial charge in [0.15, 0.2) is 0 Å². The SMILES string of the molecule is C[C@H](C[C@@H](CCc1ccc(-c2ccccc2)cc1)NC(=O)OC(C)(C)C)C(=O)NS(C)(=O)=O. The first-order valence-corrected chi connectivity index (χ1v) is 12.9. The van der Waals surface area contributed by atoms with Gasteiger partial charge in [0.1, 0.15) is 5.60 Å². The standard InChI is InChI=1S/C25H34N2O5S/c1-18(23(28)27-33(5,30)31)17-22(26-24(29)32-25(2,3)4)16-13-19-11-14-21(15-12-19)20-9-7-6-8-10-20/h6-12,14-15,18,22H,13,16-17H2,1-5H3,(H,26,29)(H,27,28)/t18-,22-/m1/s1. The predicted molar refractivity (Wildman–Crippen MR) is 130 cm³/mol. The molecule has 7 nitrogen and oxygen atoms in total. The predicted octanol–water partition coefficient (Wildman–Crippen LogP) is 4.28. The second-order valence-corrected chi connectivity index (χ2v) is 11.1. The molecule has 0 aliphatic heterocycles. The first-order chi connectivity index (χ1) is 15.3. The van der Waals surface area contributed by atoms with Gasteiger partial charge in [0.05, 0.1) is 6.26 Å². The molecule has 0 spiro atoms. The van der Waals surface area contributed by atoms with E-state index in [0.717, 1.165) is 22.9 Å². The highest BCUT2D eigenvalue weighted by molar-refractivity contribution is 7.89. The molecule has 0 radical (unpaired) electrons. The minimum absolute atomic E-state index is 0.280. The van der Waals surface area contributed by atoms with Gasteiger partial charge >= 0.3 is 6.09 Å². The normalized spacial score (nSPS) is 13.6. The Morgan fingerprint density at radius 1 is 0.970 bits per heavy atom. The molecule has 0 saturated heterocycles. The van der Waals surface area contributed by atoms with Gasteiger partial charge in [0, 0.05) is 12.0 Å². The number of sulfonamides is 1. The van der Waals surface area contributed by atoms with Crippen molar-refractivity contribution >= 4 is 22.0 Å². The van der Waals surface area contributed by atoms with Crippen LogP contribution in [0.25, 0.3) is 11.1 Å². The largest absolute Gasteiger partial charge is 0.444 e. The molecule has 2 amide bonds. The van der Waals surface area contributed by atoms with Gasteiger partial charge in [-0.15, -0.1) is 0 Å². The van der Waals surface area contributed by atoms with Gasteiger partial charge in [-0.25, -0.2) is 13.2 Å². The Morgan fingerprint density at radius 3 is 2.09 bits per heavy atom. The van der Waals surface area contributed by atoms with Crippen LogP contribution in [0.2, 0.25) is 0 Å². The van der Waals surface area contributed by atoms with Gasteiger partial charge in [-0.3, -0.25) is 9.52 Å². The number of aryl methyl sites for hydroxylation is 1. The topological polar surface area (TPSA) is 102 Å². The lowest BCUT2D eigenvalue weighted by molar-refractivity contribution is -0.123. The van der Waals surface area contributed by atoms with Crippen molar-refractivity contribution in [2.75, 3.05) is 6.26 Å². The molecule has 180 valence electrons. The van der Waals surface area contributed by atoms with E-state index in [0.29, 0.717) is 12.8 Å². The summed E-state index contributed by atoms with van der Waals surface area (Å²) in [6.07, 6.45) is 1.90. The summed E-state index contributed by atoms with van der Waals surface area (Å²) in [5.41, 5.74) is 2.70. The van der Waals surface area contributed by atoms with Crippen molar-refractivity contribution in [2.45, 2.75) is 58.6 Å². The molecule has 0 aromatic heterocycles. The van der Waals surface area contributed by atoms with Crippen molar-refractivity contribution < 1.29 is 22.7 Å². The maximum absolute atomic E-state index is 12.3. The van der Waals surface area contributed by atoms with E-state index < -0.39 is 33.5 Å². The molecule has 0 saturated carbocycles. The maximum Gasteiger partial charge on any atom is 0.407 e. The molecular formula is C25H34N2O5S.